The van der Waals surface area contributed by atoms with Crippen LogP contribution in [0.1, 0.15) is 33.6 Å². The summed E-state index contributed by atoms with van der Waals surface area (Å²) in [5, 5.41) is 0. The van der Waals surface area contributed by atoms with Crippen LogP contribution in [0.2, 0.25) is 0 Å². The van der Waals surface area contributed by atoms with E-state index in [1.54, 1.807) is 0 Å². The highest BCUT2D eigenvalue weighted by Gasteiger charge is 2.26. The number of carbonyl (C=O) groups excluding carboxylic acids is 1. The maximum Gasteiger partial charge on any atom is 0.222 e. The van der Waals surface area contributed by atoms with Crippen LogP contribution in [-0.4, -0.2) is 30.4 Å². The number of nitrogens with two attached hydrogens (primary N) is 1. The maximum atomic E-state index is 11.9. The average molecular weight is 249 g/mol. The van der Waals surface area contributed by atoms with Crippen LogP contribution in [0.5, 0.6) is 0 Å². The van der Waals surface area contributed by atoms with E-state index in [9.17, 15) is 4.79 Å². The Bertz CT molecular complexity index is 221. The highest BCUT2D eigenvalue weighted by molar-refractivity contribution is 5.85. The average Bonchev–Trinajstić information content (AvgIpc) is 2.65. The van der Waals surface area contributed by atoms with E-state index < -0.39 is 0 Å². The number of halogens is 1. The molecule has 2 atom stereocenters. The summed E-state index contributed by atoms with van der Waals surface area (Å²) in [5.41, 5.74) is 5.61. The Hall–Kier alpha value is -0.280. The van der Waals surface area contributed by atoms with Crippen LogP contribution in [0.25, 0.3) is 0 Å². The number of carbonyl (C=O) groups is 1. The lowest BCUT2D eigenvalue weighted by atomic mass is 9.94. The zero-order chi connectivity index (χ0) is 11.4. The number of nitrogens with zero attached hydrogens (tertiary/aromatic N) is 1. The second-order valence-corrected chi connectivity index (χ2v) is 5.16. The minimum absolute atomic E-state index is 0. The summed E-state index contributed by atoms with van der Waals surface area (Å²) in [6.45, 7) is 8.99. The Labute approximate surface area is 105 Å². The van der Waals surface area contributed by atoms with E-state index in [0.717, 1.165) is 19.5 Å². The molecule has 0 aromatic rings. The van der Waals surface area contributed by atoms with Crippen LogP contribution in [0.15, 0.2) is 0 Å². The van der Waals surface area contributed by atoms with Crippen molar-refractivity contribution in [3.8, 4) is 0 Å². The van der Waals surface area contributed by atoms with Gasteiger partial charge in [0, 0.05) is 19.5 Å². The predicted molar refractivity (Wildman–Crippen MR) is 69.6 cm³/mol. The summed E-state index contributed by atoms with van der Waals surface area (Å²) < 4.78 is 0. The van der Waals surface area contributed by atoms with Crippen molar-refractivity contribution in [2.24, 2.45) is 23.5 Å². The first-order valence-electron chi connectivity index (χ1n) is 6.02. The molecule has 4 heteroatoms. The van der Waals surface area contributed by atoms with Gasteiger partial charge in [-0.2, -0.15) is 0 Å². The second-order valence-electron chi connectivity index (χ2n) is 5.16. The standard InChI is InChI=1S/C12H24N2O.ClH/c1-9(2)10(3)6-12(15)14-5-4-11(7-13)8-14;/h9-11H,4-8,13H2,1-3H3;1H. The molecule has 0 spiro atoms. The van der Waals surface area contributed by atoms with Gasteiger partial charge in [-0.05, 0) is 30.7 Å². The Morgan fingerprint density at radius 1 is 1.44 bits per heavy atom. The van der Waals surface area contributed by atoms with Gasteiger partial charge in [0.15, 0.2) is 0 Å². The molecule has 0 radical (unpaired) electrons. The fourth-order valence-corrected chi connectivity index (χ4v) is 1.89. The van der Waals surface area contributed by atoms with Crippen molar-refractivity contribution in [3.05, 3.63) is 0 Å². The van der Waals surface area contributed by atoms with Gasteiger partial charge in [-0.3, -0.25) is 4.79 Å². The monoisotopic (exact) mass is 248 g/mol. The minimum Gasteiger partial charge on any atom is -0.342 e. The van der Waals surface area contributed by atoms with Crippen molar-refractivity contribution < 1.29 is 4.79 Å². The molecule has 1 amide bonds. The van der Waals surface area contributed by atoms with Crippen molar-refractivity contribution in [3.63, 3.8) is 0 Å². The second kappa shape index (κ2) is 7.13. The fraction of sp³-hybridized carbons (Fsp3) is 0.917. The number of hydrogen-bond donors (Lipinski definition) is 1. The van der Waals surface area contributed by atoms with E-state index >= 15 is 0 Å². The van der Waals surface area contributed by atoms with Gasteiger partial charge in [0.05, 0.1) is 0 Å². The Kier molecular flexibility index (Phi) is 7.00. The molecular weight excluding hydrogens is 224 g/mol. The molecule has 0 aromatic carbocycles. The van der Waals surface area contributed by atoms with Gasteiger partial charge in [0.25, 0.3) is 0 Å². The molecule has 2 N–H and O–H groups in total. The number of hydrogen-bond acceptors (Lipinski definition) is 2. The molecule has 3 nitrogen and oxygen atoms in total. The third-order valence-electron chi connectivity index (χ3n) is 3.61. The van der Waals surface area contributed by atoms with E-state index in [1.807, 2.05) is 4.90 Å². The molecule has 96 valence electrons. The Morgan fingerprint density at radius 3 is 2.50 bits per heavy atom. The fourth-order valence-electron chi connectivity index (χ4n) is 1.89. The van der Waals surface area contributed by atoms with Crippen molar-refractivity contribution in [2.75, 3.05) is 19.6 Å². The van der Waals surface area contributed by atoms with Gasteiger partial charge >= 0.3 is 0 Å². The summed E-state index contributed by atoms with van der Waals surface area (Å²) in [4.78, 5) is 13.9. The van der Waals surface area contributed by atoms with Crippen molar-refractivity contribution >= 4 is 18.3 Å². The maximum absolute atomic E-state index is 11.9. The van der Waals surface area contributed by atoms with Gasteiger partial charge in [-0.25, -0.2) is 0 Å². The topological polar surface area (TPSA) is 46.3 Å². The zero-order valence-electron chi connectivity index (χ0n) is 10.6. The number of rotatable bonds is 4. The summed E-state index contributed by atoms with van der Waals surface area (Å²) in [6.07, 6.45) is 1.77. The number of amides is 1. The molecule has 0 bridgehead atoms. The van der Waals surface area contributed by atoms with Gasteiger partial charge in [-0.1, -0.05) is 20.8 Å². The summed E-state index contributed by atoms with van der Waals surface area (Å²) >= 11 is 0. The van der Waals surface area contributed by atoms with Crippen LogP contribution in [0, 0.1) is 17.8 Å². The first-order chi connectivity index (χ1) is 7.04. The van der Waals surface area contributed by atoms with E-state index in [1.165, 1.54) is 0 Å². The Morgan fingerprint density at radius 2 is 2.06 bits per heavy atom. The molecule has 0 aromatic heterocycles. The zero-order valence-corrected chi connectivity index (χ0v) is 11.4. The van der Waals surface area contributed by atoms with Crippen LogP contribution in [0.4, 0.5) is 0 Å². The molecule has 1 rings (SSSR count). The first kappa shape index (κ1) is 15.7. The third kappa shape index (κ3) is 4.30. The number of likely N-dealkylation sites (tertiary alicyclic amines) is 1. The molecule has 0 aliphatic carbocycles. The van der Waals surface area contributed by atoms with Gasteiger partial charge in [0.1, 0.15) is 0 Å². The van der Waals surface area contributed by atoms with Crippen LogP contribution in [-0.2, 0) is 4.79 Å². The highest BCUT2D eigenvalue weighted by atomic mass is 35.5. The molecule has 0 saturated carbocycles. The molecule has 1 saturated heterocycles. The lowest BCUT2D eigenvalue weighted by molar-refractivity contribution is -0.131. The summed E-state index contributed by atoms with van der Waals surface area (Å²) in [5.74, 6) is 1.91. The SMILES string of the molecule is CC(C)C(C)CC(=O)N1CCC(CN)C1.Cl. The van der Waals surface area contributed by atoms with E-state index in [4.69, 9.17) is 5.73 Å². The summed E-state index contributed by atoms with van der Waals surface area (Å²) in [7, 11) is 0. The van der Waals surface area contributed by atoms with Crippen LogP contribution >= 0.6 is 12.4 Å². The molecule has 1 fully saturated rings. The normalized spacial score (nSPS) is 22.1. The predicted octanol–water partition coefficient (Wildman–Crippen LogP) is 1.90. The Balaban J connectivity index is 0.00000225. The van der Waals surface area contributed by atoms with Gasteiger partial charge < -0.3 is 10.6 Å². The van der Waals surface area contributed by atoms with E-state index in [-0.39, 0.29) is 12.4 Å². The third-order valence-corrected chi connectivity index (χ3v) is 3.61. The molecular formula is C12H25ClN2O. The highest BCUT2D eigenvalue weighted by Crippen LogP contribution is 2.20. The molecule has 1 aliphatic heterocycles. The lowest BCUT2D eigenvalue weighted by Crippen LogP contribution is -2.31. The van der Waals surface area contributed by atoms with Crippen molar-refractivity contribution in [1.82, 2.24) is 4.90 Å². The summed E-state index contributed by atoms with van der Waals surface area (Å²) in [6, 6.07) is 0. The van der Waals surface area contributed by atoms with Crippen molar-refractivity contribution in [2.45, 2.75) is 33.6 Å². The minimum atomic E-state index is 0. The molecule has 16 heavy (non-hydrogen) atoms. The van der Waals surface area contributed by atoms with Crippen molar-refractivity contribution in [1.29, 1.82) is 0 Å². The largest absolute Gasteiger partial charge is 0.342 e. The smallest absolute Gasteiger partial charge is 0.222 e. The van der Waals surface area contributed by atoms with Gasteiger partial charge in [0.2, 0.25) is 5.91 Å². The molecule has 1 aliphatic rings. The van der Waals surface area contributed by atoms with E-state index in [0.29, 0.717) is 36.6 Å². The first-order valence-corrected chi connectivity index (χ1v) is 6.02. The van der Waals surface area contributed by atoms with Crippen LogP contribution < -0.4 is 5.73 Å². The van der Waals surface area contributed by atoms with Gasteiger partial charge in [-0.15, -0.1) is 12.4 Å². The van der Waals surface area contributed by atoms with Crippen LogP contribution in [0.3, 0.4) is 0 Å². The van der Waals surface area contributed by atoms with E-state index in [2.05, 4.69) is 20.8 Å². The molecule has 1 heterocycles. The molecule has 2 unspecified atom stereocenters. The lowest BCUT2D eigenvalue weighted by Gasteiger charge is -2.20. The quantitative estimate of drug-likeness (QED) is 0.826.